The van der Waals surface area contributed by atoms with Gasteiger partial charge in [0.1, 0.15) is 34.3 Å². The number of aryl methyl sites for hydroxylation is 8. The number of nitrogens with zero attached hydrogens (tertiary/aromatic N) is 7. The van der Waals surface area contributed by atoms with Crippen molar-refractivity contribution < 1.29 is 4.57 Å². The van der Waals surface area contributed by atoms with E-state index in [9.17, 15) is 5.26 Å². The van der Waals surface area contributed by atoms with Crippen LogP contribution < -0.4 is 15.2 Å². The van der Waals surface area contributed by atoms with Crippen molar-refractivity contribution in [2.75, 3.05) is 10.6 Å². The second-order valence-corrected chi connectivity index (χ2v) is 16.7. The molecular formula is C43H50N9S+. The third-order valence-corrected chi connectivity index (χ3v) is 10.8. The molecule has 3 aromatic heterocycles. The lowest BCUT2D eigenvalue weighted by Gasteiger charge is -2.18. The molecule has 2 N–H and O–H groups in total. The molecule has 0 aliphatic heterocycles. The van der Waals surface area contributed by atoms with Gasteiger partial charge in [-0.1, -0.05) is 85.9 Å². The summed E-state index contributed by atoms with van der Waals surface area (Å²) in [6.45, 7) is 25.2. The van der Waals surface area contributed by atoms with Gasteiger partial charge < -0.3 is 10.6 Å². The Bertz CT molecular complexity index is 2420. The molecule has 0 aliphatic carbocycles. The van der Waals surface area contributed by atoms with Crippen LogP contribution in [-0.4, -0.2) is 14.8 Å². The first-order valence-electron chi connectivity index (χ1n) is 18.1. The fourth-order valence-electron chi connectivity index (χ4n) is 7.01. The number of fused-ring (bicyclic) bond motifs is 1. The van der Waals surface area contributed by atoms with E-state index in [1.807, 2.05) is 20.0 Å². The second-order valence-electron chi connectivity index (χ2n) is 15.7. The normalized spacial score (nSPS) is 11.9. The molecule has 272 valence electrons. The maximum absolute atomic E-state index is 10.6. The molecule has 53 heavy (non-hydrogen) atoms. The van der Waals surface area contributed by atoms with E-state index in [4.69, 9.17) is 20.3 Å². The molecule has 0 unspecified atom stereocenters. The van der Waals surface area contributed by atoms with Gasteiger partial charge in [-0.25, -0.2) is 9.55 Å². The highest BCUT2D eigenvalue weighted by Crippen LogP contribution is 2.40. The van der Waals surface area contributed by atoms with E-state index < -0.39 is 5.41 Å². The van der Waals surface area contributed by atoms with E-state index >= 15 is 0 Å². The van der Waals surface area contributed by atoms with Crippen LogP contribution in [0, 0.1) is 59.8 Å². The van der Waals surface area contributed by atoms with E-state index in [1.54, 1.807) is 16.0 Å². The Morgan fingerprint density at radius 1 is 0.811 bits per heavy atom. The second kappa shape index (κ2) is 14.2. The van der Waals surface area contributed by atoms with E-state index in [1.165, 1.54) is 16.7 Å². The molecule has 6 aromatic rings. The lowest BCUT2D eigenvalue weighted by molar-refractivity contribution is -0.635. The molecule has 0 aliphatic rings. The van der Waals surface area contributed by atoms with Gasteiger partial charge in [0.05, 0.1) is 11.7 Å². The molecule has 0 spiro atoms. The number of aromatic nitrogens is 4. The number of hydrogen-bond donors (Lipinski definition) is 2. The molecule has 0 fully saturated rings. The van der Waals surface area contributed by atoms with Gasteiger partial charge in [-0.15, -0.1) is 10.2 Å². The van der Waals surface area contributed by atoms with Crippen molar-refractivity contribution in [1.82, 2.24) is 14.8 Å². The fourth-order valence-corrected chi connectivity index (χ4v) is 8.16. The van der Waals surface area contributed by atoms with E-state index in [0.29, 0.717) is 40.3 Å². The lowest BCUT2D eigenvalue weighted by atomic mass is 9.90. The van der Waals surface area contributed by atoms with Crippen LogP contribution in [0.25, 0.3) is 15.3 Å². The molecule has 0 bridgehead atoms. The summed E-state index contributed by atoms with van der Waals surface area (Å²) in [7, 11) is 2.03. The summed E-state index contributed by atoms with van der Waals surface area (Å²) in [4.78, 5) is 5.11. The lowest BCUT2D eigenvalue weighted by Crippen LogP contribution is -2.31. The third kappa shape index (κ3) is 7.31. The van der Waals surface area contributed by atoms with E-state index in [0.717, 1.165) is 54.5 Å². The number of azo groups is 1. The number of anilines is 4. The standard InChI is InChI=1S/C43H50N9S/c1-23(2)31-14-15-33-34(21-31)53-42(51(33)13)52-41(32(22-44)39(50-52)43(10,11)12)49-48-38-30(9)20-35(45-36-26(5)16-24(3)17-27(36)6)46-40(38)47-37-28(7)18-25(4)19-29(37)8/h14-21,23H,1-13H3,(H2,45,46,47)/q+1. The fraction of sp³-hybridized carbons (Fsp3) is 0.349. The number of thiazole rings is 1. The number of hydrogen-bond acceptors (Lipinski definition) is 8. The number of nitriles is 1. The highest BCUT2D eigenvalue weighted by Gasteiger charge is 2.34. The molecule has 10 heteroatoms. The Morgan fingerprint density at radius 2 is 1.40 bits per heavy atom. The summed E-state index contributed by atoms with van der Waals surface area (Å²) in [5.41, 5.74) is 13.3. The summed E-state index contributed by atoms with van der Waals surface area (Å²) in [5.74, 6) is 2.03. The van der Waals surface area contributed by atoms with Crippen LogP contribution in [0.2, 0.25) is 0 Å². The topological polar surface area (TPSA) is 107 Å². The van der Waals surface area contributed by atoms with E-state index in [-0.39, 0.29) is 0 Å². The Hall–Kier alpha value is -5.40. The van der Waals surface area contributed by atoms with Gasteiger partial charge in [0, 0.05) is 16.8 Å². The predicted molar refractivity (Wildman–Crippen MR) is 219 cm³/mol. The monoisotopic (exact) mass is 724 g/mol. The molecule has 0 atom stereocenters. The zero-order valence-corrected chi connectivity index (χ0v) is 34.1. The SMILES string of the molecule is Cc1cc(C)c(Nc2cc(C)c(N=Nc3c(C#N)c(C(C)(C)C)nn3-c3sc4cc(C(C)C)ccc4[n+]3C)c(Nc3c(C)cc(C)cc3C)n2)c(C)c1. The first kappa shape index (κ1) is 37.4. The maximum Gasteiger partial charge on any atom is 0.369 e. The van der Waals surface area contributed by atoms with Gasteiger partial charge in [-0.3, -0.25) is 0 Å². The smallest absolute Gasteiger partial charge is 0.340 e. The molecule has 6 rings (SSSR count). The minimum Gasteiger partial charge on any atom is -0.340 e. The molecule has 0 saturated carbocycles. The van der Waals surface area contributed by atoms with Gasteiger partial charge in [-0.2, -0.15) is 5.26 Å². The van der Waals surface area contributed by atoms with Crippen LogP contribution in [0.5, 0.6) is 0 Å². The number of rotatable bonds is 8. The van der Waals surface area contributed by atoms with Crippen LogP contribution in [0.3, 0.4) is 0 Å². The van der Waals surface area contributed by atoms with Crippen LogP contribution in [0.4, 0.5) is 34.5 Å². The zero-order valence-electron chi connectivity index (χ0n) is 33.2. The highest BCUT2D eigenvalue weighted by molar-refractivity contribution is 7.20. The first-order chi connectivity index (χ1) is 25.0. The van der Waals surface area contributed by atoms with Gasteiger partial charge in [-0.05, 0) is 117 Å². The van der Waals surface area contributed by atoms with Crippen molar-refractivity contribution >= 4 is 56.1 Å². The molecular weight excluding hydrogens is 675 g/mol. The summed E-state index contributed by atoms with van der Waals surface area (Å²) in [6, 6.07) is 19.7. The Labute approximate surface area is 317 Å². The summed E-state index contributed by atoms with van der Waals surface area (Å²) < 4.78 is 5.04. The van der Waals surface area contributed by atoms with Crippen LogP contribution in [-0.2, 0) is 12.5 Å². The average molecular weight is 725 g/mol. The summed E-state index contributed by atoms with van der Waals surface area (Å²) >= 11 is 1.63. The summed E-state index contributed by atoms with van der Waals surface area (Å²) in [6.07, 6.45) is 0. The van der Waals surface area contributed by atoms with Crippen molar-refractivity contribution in [1.29, 1.82) is 5.26 Å². The number of nitrogens with one attached hydrogen (secondary N) is 2. The van der Waals surface area contributed by atoms with Crippen molar-refractivity contribution in [2.45, 2.75) is 94.4 Å². The Kier molecular flexibility index (Phi) is 10.0. The van der Waals surface area contributed by atoms with Crippen molar-refractivity contribution in [3.8, 4) is 11.2 Å². The highest BCUT2D eigenvalue weighted by atomic mass is 32.1. The van der Waals surface area contributed by atoms with Crippen molar-refractivity contribution in [2.24, 2.45) is 17.3 Å². The minimum absolute atomic E-state index is 0.379. The maximum atomic E-state index is 10.6. The number of benzene rings is 3. The molecule has 0 amide bonds. The first-order valence-corrected chi connectivity index (χ1v) is 18.9. The van der Waals surface area contributed by atoms with Crippen LogP contribution in [0.1, 0.15) is 96.3 Å². The minimum atomic E-state index is -0.412. The third-order valence-electron chi connectivity index (χ3n) is 9.64. The average Bonchev–Trinajstić information content (AvgIpc) is 3.60. The van der Waals surface area contributed by atoms with Crippen LogP contribution >= 0.6 is 11.3 Å². The van der Waals surface area contributed by atoms with E-state index in [2.05, 4.69) is 140 Å². The molecule has 3 aromatic carbocycles. The Balaban J connectivity index is 1.54. The molecule has 0 radical (unpaired) electrons. The number of pyridine rings is 1. The van der Waals surface area contributed by atoms with Crippen molar-refractivity contribution in [3.05, 3.63) is 104 Å². The molecule has 0 saturated heterocycles. The quantitative estimate of drug-likeness (QED) is 0.120. The van der Waals surface area contributed by atoms with Gasteiger partial charge in [0.2, 0.25) is 0 Å². The molecule has 3 heterocycles. The largest absolute Gasteiger partial charge is 0.369 e. The Morgan fingerprint density at radius 3 is 1.94 bits per heavy atom. The zero-order chi connectivity index (χ0) is 38.5. The van der Waals surface area contributed by atoms with Gasteiger partial charge >= 0.3 is 5.13 Å². The van der Waals surface area contributed by atoms with Crippen LogP contribution in [0.15, 0.2) is 58.8 Å². The van der Waals surface area contributed by atoms with Gasteiger partial charge in [0.25, 0.3) is 5.82 Å². The van der Waals surface area contributed by atoms with Gasteiger partial charge in [0.15, 0.2) is 5.82 Å². The molecule has 9 nitrogen and oxygen atoms in total. The predicted octanol–water partition coefficient (Wildman–Crippen LogP) is 11.7. The van der Waals surface area contributed by atoms with Crippen molar-refractivity contribution in [3.63, 3.8) is 0 Å². The summed E-state index contributed by atoms with van der Waals surface area (Å²) in [5, 5.41) is 33.5.